The average molecular weight is 948 g/mol. The third-order valence-electron chi connectivity index (χ3n) is 12.3. The van der Waals surface area contributed by atoms with Crippen molar-refractivity contribution in [3.05, 3.63) is 233 Å². The molecule has 0 aliphatic heterocycles. The van der Waals surface area contributed by atoms with Gasteiger partial charge in [0.1, 0.15) is 32.4 Å². The fourth-order valence-corrected chi connectivity index (χ4v) is 9.94. The number of nitrogens with zero attached hydrogens (tertiary/aromatic N) is 7. The van der Waals surface area contributed by atoms with Gasteiger partial charge in [0, 0.05) is 44.7 Å². The maximum absolute atomic E-state index is 5.14. The van der Waals surface area contributed by atoms with Gasteiger partial charge in [-0.25, -0.2) is 19.9 Å². The van der Waals surface area contributed by atoms with E-state index in [-0.39, 0.29) is 0 Å². The summed E-state index contributed by atoms with van der Waals surface area (Å²) in [4.78, 5) is 19.0. The molecule has 0 unspecified atom stereocenters. The van der Waals surface area contributed by atoms with Gasteiger partial charge < -0.3 is 0 Å². The zero-order valence-corrected chi connectivity index (χ0v) is 37.2. The molecule has 0 amide bonds. The van der Waals surface area contributed by atoms with E-state index < -0.39 is 0 Å². The predicted octanol–water partition coefficient (Wildman–Crippen LogP) is 14.1. The molecule has 8 heteroatoms. The molecule has 13 aromatic rings. The van der Waals surface area contributed by atoms with Crippen LogP contribution in [0.3, 0.4) is 0 Å². The van der Waals surface area contributed by atoms with Crippen molar-refractivity contribution in [2.24, 2.45) is 0 Å². The SMILES string of the molecule is Ic1cccc(-n2c3ccccc3c3cccnc32)n1.c1cc(-n2c3ccccc3c3ccccc32)nc(-n2c3ccccc3c3cccnc32)c1.c1ccc2c(c1)Cc1ccccc1-2. The first kappa shape index (κ1) is 38.7. The Labute approximate surface area is 388 Å². The molecule has 14 rings (SSSR count). The maximum atomic E-state index is 5.14. The van der Waals surface area contributed by atoms with Gasteiger partial charge in [0.2, 0.25) is 0 Å². The minimum atomic E-state index is 0.856. The number of pyridine rings is 4. The maximum Gasteiger partial charge on any atom is 0.146 e. The Hall–Kier alpha value is -7.95. The van der Waals surface area contributed by atoms with Crippen LogP contribution in [0.2, 0.25) is 0 Å². The zero-order valence-electron chi connectivity index (χ0n) is 35.0. The van der Waals surface area contributed by atoms with Crippen molar-refractivity contribution >= 4 is 88.3 Å². The molecule has 0 atom stereocenters. The molecule has 0 radical (unpaired) electrons. The number of fused-ring (bicyclic) bond motifs is 12. The van der Waals surface area contributed by atoms with Crippen LogP contribution < -0.4 is 0 Å². The first-order valence-electron chi connectivity index (χ1n) is 21.6. The number of para-hydroxylation sites is 4. The van der Waals surface area contributed by atoms with E-state index in [0.29, 0.717) is 0 Å². The Morgan fingerprint density at radius 2 is 0.692 bits per heavy atom. The van der Waals surface area contributed by atoms with E-state index in [2.05, 4.69) is 216 Å². The summed E-state index contributed by atoms with van der Waals surface area (Å²) in [5.74, 6) is 2.65. The summed E-state index contributed by atoms with van der Waals surface area (Å²) in [6.45, 7) is 0. The van der Waals surface area contributed by atoms with Crippen LogP contribution in [0.5, 0.6) is 0 Å². The van der Waals surface area contributed by atoms with Gasteiger partial charge in [-0.2, -0.15) is 0 Å². The summed E-state index contributed by atoms with van der Waals surface area (Å²) in [7, 11) is 0. The lowest BCUT2D eigenvalue weighted by Crippen LogP contribution is -2.03. The van der Waals surface area contributed by atoms with Crippen molar-refractivity contribution in [1.29, 1.82) is 0 Å². The van der Waals surface area contributed by atoms with Crippen molar-refractivity contribution in [2.75, 3.05) is 0 Å². The van der Waals surface area contributed by atoms with Crippen molar-refractivity contribution in [3.8, 4) is 28.6 Å². The van der Waals surface area contributed by atoms with Crippen LogP contribution in [0.25, 0.3) is 94.3 Å². The van der Waals surface area contributed by atoms with E-state index in [0.717, 1.165) is 71.7 Å². The molecule has 7 aromatic heterocycles. The van der Waals surface area contributed by atoms with Crippen LogP contribution in [0, 0.1) is 3.70 Å². The molecule has 0 N–H and O–H groups in total. The Morgan fingerprint density at radius 1 is 0.323 bits per heavy atom. The van der Waals surface area contributed by atoms with Gasteiger partial charge in [-0.05, 0) is 124 Å². The molecule has 0 saturated heterocycles. The molecule has 0 fully saturated rings. The van der Waals surface area contributed by atoms with Gasteiger partial charge in [-0.1, -0.05) is 133 Å². The lowest BCUT2D eigenvalue weighted by molar-refractivity contribution is 1.00. The summed E-state index contributed by atoms with van der Waals surface area (Å²) in [6, 6.07) is 71.5. The number of aromatic nitrogens is 7. The molecular weight excluding hydrogens is 910 g/mol. The molecule has 0 bridgehead atoms. The fraction of sp³-hybridized carbons (Fsp3) is 0.0175. The van der Waals surface area contributed by atoms with E-state index in [1.165, 1.54) is 43.8 Å². The highest BCUT2D eigenvalue weighted by Crippen LogP contribution is 2.37. The average Bonchev–Trinajstić information content (AvgIpc) is 4.11. The third-order valence-corrected chi connectivity index (χ3v) is 12.9. The molecule has 7 nitrogen and oxygen atoms in total. The van der Waals surface area contributed by atoms with Gasteiger partial charge in [0.15, 0.2) is 0 Å². The minimum absolute atomic E-state index is 0.856. The number of benzene rings is 6. The summed E-state index contributed by atoms with van der Waals surface area (Å²) >= 11 is 2.23. The van der Waals surface area contributed by atoms with Crippen LogP contribution in [0.1, 0.15) is 11.1 Å². The summed E-state index contributed by atoms with van der Waals surface area (Å²) < 4.78 is 7.49. The second-order valence-electron chi connectivity index (χ2n) is 16.0. The van der Waals surface area contributed by atoms with Crippen LogP contribution in [0.4, 0.5) is 0 Å². The van der Waals surface area contributed by atoms with Crippen LogP contribution in [0.15, 0.2) is 219 Å². The monoisotopic (exact) mass is 947 g/mol. The highest BCUT2D eigenvalue weighted by Gasteiger charge is 2.18. The van der Waals surface area contributed by atoms with E-state index in [1.54, 1.807) is 0 Å². The molecular formula is C57H38IN7. The Kier molecular flexibility index (Phi) is 9.71. The van der Waals surface area contributed by atoms with Crippen molar-refractivity contribution < 1.29 is 0 Å². The normalized spacial score (nSPS) is 11.7. The van der Waals surface area contributed by atoms with E-state index in [4.69, 9.17) is 9.97 Å². The van der Waals surface area contributed by atoms with E-state index in [1.807, 2.05) is 48.8 Å². The zero-order chi connectivity index (χ0) is 43.3. The van der Waals surface area contributed by atoms with Crippen molar-refractivity contribution in [1.82, 2.24) is 33.6 Å². The molecule has 7 heterocycles. The first-order valence-corrected chi connectivity index (χ1v) is 22.7. The lowest BCUT2D eigenvalue weighted by atomic mass is 10.1. The molecule has 6 aromatic carbocycles. The van der Waals surface area contributed by atoms with Gasteiger partial charge in [-0.15, -0.1) is 0 Å². The highest BCUT2D eigenvalue weighted by atomic mass is 127. The van der Waals surface area contributed by atoms with Gasteiger partial charge in [-0.3, -0.25) is 13.7 Å². The summed E-state index contributed by atoms with van der Waals surface area (Å²) in [6.07, 6.45) is 4.77. The number of rotatable bonds is 3. The van der Waals surface area contributed by atoms with Crippen molar-refractivity contribution in [3.63, 3.8) is 0 Å². The summed E-state index contributed by atoms with van der Waals surface area (Å²) in [5.41, 5.74) is 12.2. The smallest absolute Gasteiger partial charge is 0.146 e. The second kappa shape index (κ2) is 16.3. The molecule has 1 aliphatic rings. The van der Waals surface area contributed by atoms with Gasteiger partial charge >= 0.3 is 0 Å². The van der Waals surface area contributed by atoms with E-state index in [9.17, 15) is 0 Å². The third kappa shape index (κ3) is 6.72. The quantitative estimate of drug-likeness (QED) is 0.131. The summed E-state index contributed by atoms with van der Waals surface area (Å²) in [5, 5.41) is 7.13. The topological polar surface area (TPSA) is 66.3 Å². The second-order valence-corrected chi connectivity index (χ2v) is 17.1. The number of hydrogen-bond acceptors (Lipinski definition) is 4. The molecule has 0 spiro atoms. The largest absolute Gasteiger partial charge is 0.294 e. The predicted molar refractivity (Wildman–Crippen MR) is 274 cm³/mol. The first-order chi connectivity index (χ1) is 32.2. The Bertz CT molecular complexity index is 3580. The highest BCUT2D eigenvalue weighted by molar-refractivity contribution is 14.1. The molecule has 0 saturated carbocycles. The Balaban J connectivity index is 0.000000114. The standard InChI is InChI=1S/C28H18N4.C16H10IN3.C13H10/c1-4-13-23-19(9-1)20-10-2-5-14-24(20)31(23)26-16-7-17-27(30-26)32-25-15-6-3-11-21(25)22-12-8-18-29-28(22)32;17-14-8-3-9-15(19-14)20-13-7-2-1-5-11(13)12-6-4-10-18-16(12)20;1-3-7-12-10(5-1)9-11-6-2-4-8-13(11)12/h1-18H;1-10H;1-8H,9H2. The van der Waals surface area contributed by atoms with Crippen molar-refractivity contribution in [2.45, 2.75) is 6.42 Å². The molecule has 308 valence electrons. The minimum Gasteiger partial charge on any atom is -0.294 e. The van der Waals surface area contributed by atoms with Gasteiger partial charge in [0.25, 0.3) is 0 Å². The van der Waals surface area contributed by atoms with Crippen LogP contribution in [-0.4, -0.2) is 33.6 Å². The molecule has 65 heavy (non-hydrogen) atoms. The Morgan fingerprint density at radius 3 is 1.18 bits per heavy atom. The lowest BCUT2D eigenvalue weighted by Gasteiger charge is -2.11. The van der Waals surface area contributed by atoms with Gasteiger partial charge in [0.05, 0.1) is 22.1 Å². The molecule has 1 aliphatic carbocycles. The fourth-order valence-electron chi connectivity index (χ4n) is 9.49. The van der Waals surface area contributed by atoms with Crippen LogP contribution in [-0.2, 0) is 6.42 Å². The number of hydrogen-bond donors (Lipinski definition) is 0. The van der Waals surface area contributed by atoms with E-state index >= 15 is 0 Å². The van der Waals surface area contributed by atoms with Crippen LogP contribution >= 0.6 is 22.6 Å². The number of halogens is 1.